The highest BCUT2D eigenvalue weighted by molar-refractivity contribution is 5.85. The van der Waals surface area contributed by atoms with Crippen molar-refractivity contribution in [3.63, 3.8) is 0 Å². The van der Waals surface area contributed by atoms with Crippen molar-refractivity contribution in [1.29, 1.82) is 0 Å². The Kier molecular flexibility index (Phi) is 5.83. The van der Waals surface area contributed by atoms with Gasteiger partial charge >= 0.3 is 6.18 Å². The molecule has 1 amide bonds. The van der Waals surface area contributed by atoms with Crippen molar-refractivity contribution in [3.8, 4) is 0 Å². The average Bonchev–Trinajstić information content (AvgIpc) is 2.23. The number of benzene rings is 1. The molecule has 108 valence electrons. The molecule has 0 bridgehead atoms. The molecule has 0 unspecified atom stereocenters. The van der Waals surface area contributed by atoms with Gasteiger partial charge in [-0.25, -0.2) is 0 Å². The average molecular weight is 297 g/mol. The van der Waals surface area contributed by atoms with Crippen LogP contribution >= 0.6 is 12.4 Å². The molecule has 0 aliphatic heterocycles. The molecule has 1 rings (SSSR count). The van der Waals surface area contributed by atoms with Gasteiger partial charge in [-0.1, -0.05) is 12.1 Å². The molecule has 1 aromatic carbocycles. The second kappa shape index (κ2) is 6.25. The van der Waals surface area contributed by atoms with Gasteiger partial charge in [0.1, 0.15) is 0 Å². The number of rotatable bonds is 3. The molecule has 0 spiro atoms. The zero-order chi connectivity index (χ0) is 14.0. The van der Waals surface area contributed by atoms with E-state index in [4.69, 9.17) is 5.73 Å². The van der Waals surface area contributed by atoms with E-state index in [1.54, 1.807) is 0 Å². The van der Waals surface area contributed by atoms with Gasteiger partial charge in [-0.05, 0) is 31.5 Å². The first-order valence-electron chi connectivity index (χ1n) is 5.34. The van der Waals surface area contributed by atoms with Crippen LogP contribution in [-0.2, 0) is 17.5 Å². The van der Waals surface area contributed by atoms with Crippen molar-refractivity contribution in [3.05, 3.63) is 35.4 Å². The number of amides is 1. The minimum Gasteiger partial charge on any atom is -0.350 e. The van der Waals surface area contributed by atoms with Gasteiger partial charge < -0.3 is 11.1 Å². The first kappa shape index (κ1) is 17.7. The molecule has 0 saturated carbocycles. The van der Waals surface area contributed by atoms with Crippen LogP contribution < -0.4 is 11.1 Å². The summed E-state index contributed by atoms with van der Waals surface area (Å²) in [6, 6.07) is 4.80. The van der Waals surface area contributed by atoms with Crippen LogP contribution in [0.2, 0.25) is 0 Å². The maximum Gasteiger partial charge on any atom is 0.416 e. The summed E-state index contributed by atoms with van der Waals surface area (Å²) < 4.78 is 37.3. The van der Waals surface area contributed by atoms with Crippen LogP contribution in [0.15, 0.2) is 24.3 Å². The van der Waals surface area contributed by atoms with Gasteiger partial charge in [0, 0.05) is 6.54 Å². The van der Waals surface area contributed by atoms with Crippen molar-refractivity contribution in [2.45, 2.75) is 32.1 Å². The summed E-state index contributed by atoms with van der Waals surface area (Å²) in [6.45, 7) is 3.06. The van der Waals surface area contributed by atoms with Gasteiger partial charge in [-0.3, -0.25) is 4.79 Å². The number of carbonyl (C=O) groups excluding carboxylic acids is 1. The highest BCUT2D eigenvalue weighted by Crippen LogP contribution is 2.29. The summed E-state index contributed by atoms with van der Waals surface area (Å²) in [4.78, 5) is 11.5. The van der Waals surface area contributed by atoms with E-state index >= 15 is 0 Å². The Morgan fingerprint density at radius 2 is 1.89 bits per heavy atom. The molecule has 3 N–H and O–H groups in total. The van der Waals surface area contributed by atoms with Crippen LogP contribution in [0, 0.1) is 0 Å². The van der Waals surface area contributed by atoms with Crippen molar-refractivity contribution >= 4 is 18.3 Å². The lowest BCUT2D eigenvalue weighted by molar-refractivity contribution is -0.137. The van der Waals surface area contributed by atoms with Gasteiger partial charge in [0.05, 0.1) is 11.1 Å². The fraction of sp³-hybridized carbons (Fsp3) is 0.417. The second-order valence-electron chi connectivity index (χ2n) is 4.60. The maximum absolute atomic E-state index is 12.4. The molecule has 1 aromatic rings. The van der Waals surface area contributed by atoms with Crippen molar-refractivity contribution in [1.82, 2.24) is 5.32 Å². The molecule has 19 heavy (non-hydrogen) atoms. The first-order valence-corrected chi connectivity index (χ1v) is 5.34. The van der Waals surface area contributed by atoms with Gasteiger partial charge in [0.25, 0.3) is 0 Å². The zero-order valence-electron chi connectivity index (χ0n) is 10.5. The summed E-state index contributed by atoms with van der Waals surface area (Å²) in [5.74, 6) is -0.417. The quantitative estimate of drug-likeness (QED) is 0.900. The van der Waals surface area contributed by atoms with Crippen molar-refractivity contribution in [2.24, 2.45) is 5.73 Å². The van der Waals surface area contributed by atoms with Gasteiger partial charge in [0.2, 0.25) is 5.91 Å². The summed E-state index contributed by atoms with van der Waals surface area (Å²) in [5.41, 5.74) is 4.14. The summed E-state index contributed by atoms with van der Waals surface area (Å²) in [6.07, 6.45) is -4.38. The lowest BCUT2D eigenvalue weighted by atomic mass is 10.1. The lowest BCUT2D eigenvalue weighted by Crippen LogP contribution is -2.48. The van der Waals surface area contributed by atoms with Crippen LogP contribution in [0.3, 0.4) is 0 Å². The van der Waals surface area contributed by atoms with E-state index in [-0.39, 0.29) is 19.0 Å². The predicted octanol–water partition coefficient (Wildman–Crippen LogP) is 2.48. The van der Waals surface area contributed by atoms with Crippen LogP contribution in [0.1, 0.15) is 25.0 Å². The summed E-state index contributed by atoms with van der Waals surface area (Å²) in [5, 5.41) is 2.49. The maximum atomic E-state index is 12.4. The molecule has 0 atom stereocenters. The zero-order valence-corrected chi connectivity index (χ0v) is 11.4. The van der Waals surface area contributed by atoms with Gasteiger partial charge in [-0.2, -0.15) is 13.2 Å². The Balaban J connectivity index is 0.00000324. The number of hydrogen-bond acceptors (Lipinski definition) is 2. The monoisotopic (exact) mass is 296 g/mol. The molecule has 3 nitrogen and oxygen atoms in total. The highest BCUT2D eigenvalue weighted by Gasteiger charge is 2.30. The number of nitrogens with one attached hydrogen (secondary N) is 1. The van der Waals surface area contributed by atoms with E-state index in [0.717, 1.165) is 12.1 Å². The SMILES string of the molecule is CC(C)(N)C(=O)NCc1cccc(C(F)(F)F)c1.Cl. The molecule has 0 aromatic heterocycles. The Bertz CT molecular complexity index is 441. The normalized spacial score (nSPS) is 11.7. The number of carbonyl (C=O) groups is 1. The fourth-order valence-electron chi connectivity index (χ4n) is 1.27. The fourth-order valence-corrected chi connectivity index (χ4v) is 1.27. The molecular weight excluding hydrogens is 281 g/mol. The number of halogens is 4. The number of alkyl halides is 3. The Morgan fingerprint density at radius 1 is 1.32 bits per heavy atom. The smallest absolute Gasteiger partial charge is 0.350 e. The molecular formula is C12H16ClF3N2O. The van der Waals surface area contributed by atoms with Gasteiger partial charge in [-0.15, -0.1) is 12.4 Å². The molecule has 0 heterocycles. The molecule has 0 saturated heterocycles. The van der Waals surface area contributed by atoms with Crippen LogP contribution in [0.5, 0.6) is 0 Å². The molecule has 0 aliphatic carbocycles. The molecule has 7 heteroatoms. The standard InChI is InChI=1S/C12H15F3N2O.ClH/c1-11(2,16)10(18)17-7-8-4-3-5-9(6-8)12(13,14)15;/h3-6H,7,16H2,1-2H3,(H,17,18);1H. The third-order valence-electron chi connectivity index (χ3n) is 2.29. The Morgan fingerprint density at radius 3 is 2.37 bits per heavy atom. The summed E-state index contributed by atoms with van der Waals surface area (Å²) in [7, 11) is 0. The third kappa shape index (κ3) is 5.48. The molecule has 0 aliphatic rings. The van der Waals surface area contributed by atoms with E-state index < -0.39 is 23.2 Å². The van der Waals surface area contributed by atoms with E-state index in [1.165, 1.54) is 26.0 Å². The van der Waals surface area contributed by atoms with Crippen molar-refractivity contribution in [2.75, 3.05) is 0 Å². The van der Waals surface area contributed by atoms with E-state index in [2.05, 4.69) is 5.32 Å². The Hall–Kier alpha value is -1.27. The van der Waals surface area contributed by atoms with E-state index in [9.17, 15) is 18.0 Å². The third-order valence-corrected chi connectivity index (χ3v) is 2.29. The predicted molar refractivity (Wildman–Crippen MR) is 68.8 cm³/mol. The number of nitrogens with two attached hydrogens (primary N) is 1. The number of hydrogen-bond donors (Lipinski definition) is 2. The lowest BCUT2D eigenvalue weighted by Gasteiger charge is -2.18. The molecule has 0 radical (unpaired) electrons. The minimum atomic E-state index is -4.38. The van der Waals surface area contributed by atoms with Gasteiger partial charge in [0.15, 0.2) is 0 Å². The van der Waals surface area contributed by atoms with E-state index in [0.29, 0.717) is 5.56 Å². The van der Waals surface area contributed by atoms with Crippen LogP contribution in [0.25, 0.3) is 0 Å². The van der Waals surface area contributed by atoms with Crippen LogP contribution in [0.4, 0.5) is 13.2 Å². The topological polar surface area (TPSA) is 55.1 Å². The molecule has 0 fully saturated rings. The second-order valence-corrected chi connectivity index (χ2v) is 4.60. The first-order chi connectivity index (χ1) is 8.10. The highest BCUT2D eigenvalue weighted by atomic mass is 35.5. The largest absolute Gasteiger partial charge is 0.416 e. The van der Waals surface area contributed by atoms with Crippen LogP contribution in [-0.4, -0.2) is 11.4 Å². The summed E-state index contributed by atoms with van der Waals surface area (Å²) >= 11 is 0. The Labute approximate surface area is 115 Å². The minimum absolute atomic E-state index is 0. The van der Waals surface area contributed by atoms with E-state index in [1.807, 2.05) is 0 Å². The van der Waals surface area contributed by atoms with Crippen molar-refractivity contribution < 1.29 is 18.0 Å².